The molecule has 2 aromatic heterocycles. The van der Waals surface area contributed by atoms with Gasteiger partial charge < -0.3 is 30.0 Å². The lowest BCUT2D eigenvalue weighted by Crippen LogP contribution is -2.36. The Morgan fingerprint density at radius 2 is 1.94 bits per heavy atom. The molecule has 0 radical (unpaired) electrons. The second kappa shape index (κ2) is 8.13. The van der Waals surface area contributed by atoms with Crippen molar-refractivity contribution in [2.45, 2.75) is 0 Å². The van der Waals surface area contributed by atoms with Gasteiger partial charge in [0, 0.05) is 30.0 Å². The highest BCUT2D eigenvalue weighted by Gasteiger charge is 2.21. The van der Waals surface area contributed by atoms with E-state index in [4.69, 9.17) is 9.47 Å². The number of morpholine rings is 1. The molecule has 0 spiro atoms. The van der Waals surface area contributed by atoms with Crippen LogP contribution in [-0.4, -0.2) is 53.4 Å². The van der Waals surface area contributed by atoms with Gasteiger partial charge in [0.25, 0.3) is 5.91 Å². The monoisotopic (exact) mass is 455 g/mol. The molecule has 1 fully saturated rings. The number of ether oxygens (including phenoxy) is 2. The minimum atomic E-state index is -0.198. The van der Waals surface area contributed by atoms with E-state index >= 15 is 0 Å². The summed E-state index contributed by atoms with van der Waals surface area (Å²) in [4.78, 5) is 17.4. The Hall–Kier alpha value is -4.49. The van der Waals surface area contributed by atoms with Gasteiger partial charge in [-0.2, -0.15) is 14.9 Å². The molecule has 0 saturated carbocycles. The van der Waals surface area contributed by atoms with Gasteiger partial charge in [-0.15, -0.1) is 0 Å². The second-order valence-electron chi connectivity index (χ2n) is 8.10. The zero-order valence-corrected chi connectivity index (χ0v) is 18.2. The van der Waals surface area contributed by atoms with E-state index in [0.717, 1.165) is 48.9 Å². The molecule has 170 valence electrons. The smallest absolute Gasteiger partial charge is 0.262 e. The Kier molecular flexibility index (Phi) is 4.82. The van der Waals surface area contributed by atoms with E-state index in [9.17, 15) is 10.1 Å². The van der Waals surface area contributed by atoms with Crippen LogP contribution in [0, 0.1) is 11.3 Å². The molecule has 6 rings (SSSR count). The molecule has 0 atom stereocenters. The van der Waals surface area contributed by atoms with E-state index in [1.807, 2.05) is 30.3 Å². The van der Waals surface area contributed by atoms with Crippen LogP contribution in [-0.2, 0) is 9.53 Å². The summed E-state index contributed by atoms with van der Waals surface area (Å²) in [7, 11) is 0. The van der Waals surface area contributed by atoms with Crippen LogP contribution < -0.4 is 20.3 Å². The van der Waals surface area contributed by atoms with Crippen molar-refractivity contribution in [3.8, 4) is 23.1 Å². The molecule has 1 saturated heterocycles. The topological polar surface area (TPSA) is 120 Å². The minimum absolute atomic E-state index is 0.00144. The third-order valence-electron chi connectivity index (χ3n) is 5.99. The second-order valence-corrected chi connectivity index (χ2v) is 8.10. The molecule has 2 aromatic carbocycles. The van der Waals surface area contributed by atoms with Crippen molar-refractivity contribution in [3.05, 3.63) is 54.2 Å². The van der Waals surface area contributed by atoms with Gasteiger partial charge in [-0.3, -0.25) is 4.79 Å². The number of benzene rings is 2. The molecule has 34 heavy (non-hydrogen) atoms. The molecule has 4 heterocycles. The van der Waals surface area contributed by atoms with Crippen LogP contribution in [0.3, 0.4) is 0 Å². The summed E-state index contributed by atoms with van der Waals surface area (Å²) in [5.41, 5.74) is 5.19. The van der Waals surface area contributed by atoms with Gasteiger partial charge in [0.1, 0.15) is 17.4 Å². The molecule has 4 aromatic rings. The largest absolute Gasteiger partial charge is 0.482 e. The van der Waals surface area contributed by atoms with E-state index in [0.29, 0.717) is 28.5 Å². The van der Waals surface area contributed by atoms with Crippen molar-refractivity contribution in [2.75, 3.05) is 48.4 Å². The Labute approximate surface area is 194 Å². The number of fused-ring (bicyclic) bond motifs is 2. The number of rotatable bonds is 4. The first-order chi connectivity index (χ1) is 16.7. The minimum Gasteiger partial charge on any atom is -0.482 e. The molecule has 10 nitrogen and oxygen atoms in total. The summed E-state index contributed by atoms with van der Waals surface area (Å²) in [5.74, 6) is 1.10. The highest BCUT2D eigenvalue weighted by Crippen LogP contribution is 2.37. The first-order valence-corrected chi connectivity index (χ1v) is 11.0. The highest BCUT2D eigenvalue weighted by molar-refractivity contribution is 5.96. The maximum absolute atomic E-state index is 11.8. The van der Waals surface area contributed by atoms with Crippen LogP contribution in [0.15, 0.2) is 48.7 Å². The Bertz CT molecular complexity index is 1430. The number of nitrogens with zero attached hydrogens (tertiary/aromatic N) is 4. The predicted molar refractivity (Wildman–Crippen MR) is 127 cm³/mol. The number of nitriles is 1. The Morgan fingerprint density at radius 3 is 2.74 bits per heavy atom. The van der Waals surface area contributed by atoms with Gasteiger partial charge in [0.15, 0.2) is 18.1 Å². The summed E-state index contributed by atoms with van der Waals surface area (Å²) in [5, 5.41) is 20.2. The molecule has 0 unspecified atom stereocenters. The van der Waals surface area contributed by atoms with Crippen molar-refractivity contribution in [3.63, 3.8) is 0 Å². The van der Waals surface area contributed by atoms with Crippen molar-refractivity contribution in [2.24, 2.45) is 0 Å². The third-order valence-corrected chi connectivity index (χ3v) is 5.99. The van der Waals surface area contributed by atoms with Crippen LogP contribution in [0.1, 0.15) is 5.56 Å². The lowest BCUT2D eigenvalue weighted by molar-refractivity contribution is -0.118. The standard InChI is InChI=1S/C24H21N7O3/c25-12-16-13-26-31-23(16)29-22(15-1-6-20-19(11-15)28-21(32)14-34-20)24(31)27-17-2-4-18(5-3-17)30-7-9-33-10-8-30/h1-6,11,13,27,29H,7-10,14H2,(H,28,32). The average Bonchev–Trinajstić information content (AvgIpc) is 3.44. The number of aromatic amines is 1. The van der Waals surface area contributed by atoms with E-state index in [1.54, 1.807) is 4.52 Å². The molecule has 3 N–H and O–H groups in total. The van der Waals surface area contributed by atoms with Gasteiger partial charge in [0.2, 0.25) is 0 Å². The lowest BCUT2D eigenvalue weighted by atomic mass is 10.1. The molecule has 2 aliphatic rings. The van der Waals surface area contributed by atoms with Gasteiger partial charge in [0.05, 0.1) is 30.8 Å². The molecule has 0 bridgehead atoms. The Balaban J connectivity index is 1.38. The van der Waals surface area contributed by atoms with E-state index < -0.39 is 0 Å². The number of hydrogen-bond acceptors (Lipinski definition) is 7. The molecular formula is C24H21N7O3. The third kappa shape index (κ3) is 3.48. The average molecular weight is 455 g/mol. The van der Waals surface area contributed by atoms with Crippen LogP contribution in [0.2, 0.25) is 0 Å². The molecule has 10 heteroatoms. The lowest BCUT2D eigenvalue weighted by Gasteiger charge is -2.28. The molecule has 2 aliphatic heterocycles. The van der Waals surface area contributed by atoms with Gasteiger partial charge in [-0.05, 0) is 42.5 Å². The highest BCUT2D eigenvalue weighted by atomic mass is 16.5. The normalized spacial score (nSPS) is 15.4. The van der Waals surface area contributed by atoms with Gasteiger partial charge in [-0.25, -0.2) is 0 Å². The van der Waals surface area contributed by atoms with Crippen molar-refractivity contribution in [1.82, 2.24) is 14.6 Å². The number of nitrogens with one attached hydrogen (secondary N) is 3. The fourth-order valence-electron chi connectivity index (χ4n) is 4.28. The number of anilines is 4. The fraction of sp³-hybridized carbons (Fsp3) is 0.208. The zero-order valence-electron chi connectivity index (χ0n) is 18.2. The van der Waals surface area contributed by atoms with Crippen molar-refractivity contribution in [1.29, 1.82) is 5.26 Å². The summed E-state index contributed by atoms with van der Waals surface area (Å²) in [6.45, 7) is 3.22. The van der Waals surface area contributed by atoms with Crippen molar-refractivity contribution < 1.29 is 14.3 Å². The number of hydrogen-bond donors (Lipinski definition) is 3. The van der Waals surface area contributed by atoms with Crippen LogP contribution in [0.25, 0.3) is 16.9 Å². The SMILES string of the molecule is N#Cc1cnn2c(Nc3ccc(N4CCOCC4)cc3)c(-c3ccc4c(c3)NC(=O)CO4)[nH]c12. The first kappa shape index (κ1) is 20.1. The Morgan fingerprint density at radius 1 is 1.12 bits per heavy atom. The molecular weight excluding hydrogens is 434 g/mol. The maximum Gasteiger partial charge on any atom is 0.262 e. The van der Waals surface area contributed by atoms with Crippen LogP contribution in [0.4, 0.5) is 22.9 Å². The number of aromatic nitrogens is 3. The quantitative estimate of drug-likeness (QED) is 0.432. The zero-order chi connectivity index (χ0) is 23.1. The summed E-state index contributed by atoms with van der Waals surface area (Å²) >= 11 is 0. The van der Waals surface area contributed by atoms with Gasteiger partial charge in [-0.1, -0.05) is 0 Å². The summed E-state index contributed by atoms with van der Waals surface area (Å²) in [6.07, 6.45) is 1.53. The summed E-state index contributed by atoms with van der Waals surface area (Å²) < 4.78 is 12.6. The number of amides is 1. The number of H-pyrrole nitrogens is 1. The fourth-order valence-corrected chi connectivity index (χ4v) is 4.28. The van der Waals surface area contributed by atoms with Crippen LogP contribution in [0.5, 0.6) is 5.75 Å². The molecule has 0 aliphatic carbocycles. The predicted octanol–water partition coefficient (Wildman–Crippen LogP) is 3.11. The number of carbonyl (C=O) groups is 1. The van der Waals surface area contributed by atoms with Gasteiger partial charge >= 0.3 is 0 Å². The van der Waals surface area contributed by atoms with E-state index in [1.165, 1.54) is 6.20 Å². The van der Waals surface area contributed by atoms with Crippen LogP contribution >= 0.6 is 0 Å². The summed E-state index contributed by atoms with van der Waals surface area (Å²) in [6, 6.07) is 15.9. The number of carbonyl (C=O) groups excluding carboxylic acids is 1. The van der Waals surface area contributed by atoms with E-state index in [2.05, 4.69) is 43.8 Å². The molecule has 1 amide bonds. The number of imidazole rings is 1. The first-order valence-electron chi connectivity index (χ1n) is 11.0. The maximum atomic E-state index is 11.8. The van der Waals surface area contributed by atoms with E-state index in [-0.39, 0.29) is 12.5 Å². The van der Waals surface area contributed by atoms with Crippen molar-refractivity contribution >= 4 is 34.4 Å².